The summed E-state index contributed by atoms with van der Waals surface area (Å²) in [5.41, 5.74) is 0. The number of amides is 1. The van der Waals surface area contributed by atoms with Gasteiger partial charge in [0.05, 0.1) is 6.61 Å². The highest BCUT2D eigenvalue weighted by atomic mass is 79.9. The number of aromatic nitrogens is 1. The van der Waals surface area contributed by atoms with Crippen molar-refractivity contribution < 1.29 is 9.53 Å². The van der Waals surface area contributed by atoms with Crippen LogP contribution in [0.3, 0.4) is 0 Å². The molecule has 1 fully saturated rings. The van der Waals surface area contributed by atoms with Crippen molar-refractivity contribution >= 4 is 27.8 Å². The average molecular weight is 356 g/mol. The minimum Gasteiger partial charge on any atom is -0.449 e. The minimum atomic E-state index is -0.200. The maximum Gasteiger partial charge on any atom is 0.409 e. The van der Waals surface area contributed by atoms with E-state index >= 15 is 0 Å². The molecule has 1 aromatic rings. The first-order valence-corrected chi connectivity index (χ1v) is 8.14. The lowest BCUT2D eigenvalue weighted by atomic mass is 10.2. The SMILES string of the molecule is CC(C)COC(=O)N1CCCN(c2ccc(Br)cn2)CC1. The average Bonchev–Trinajstić information content (AvgIpc) is 2.71. The molecule has 0 spiro atoms. The van der Waals surface area contributed by atoms with E-state index in [4.69, 9.17) is 4.74 Å². The van der Waals surface area contributed by atoms with Gasteiger partial charge >= 0.3 is 6.09 Å². The lowest BCUT2D eigenvalue weighted by Crippen LogP contribution is -2.36. The molecule has 0 unspecified atom stereocenters. The predicted molar refractivity (Wildman–Crippen MR) is 86.5 cm³/mol. The monoisotopic (exact) mass is 355 g/mol. The van der Waals surface area contributed by atoms with Crippen LogP contribution in [0.15, 0.2) is 22.8 Å². The summed E-state index contributed by atoms with van der Waals surface area (Å²) in [6.07, 6.45) is 2.53. The van der Waals surface area contributed by atoms with Crippen molar-refractivity contribution in [3.8, 4) is 0 Å². The van der Waals surface area contributed by atoms with E-state index in [1.807, 2.05) is 26.0 Å². The summed E-state index contributed by atoms with van der Waals surface area (Å²) in [5.74, 6) is 1.32. The van der Waals surface area contributed by atoms with E-state index in [9.17, 15) is 4.79 Å². The van der Waals surface area contributed by atoms with Gasteiger partial charge in [-0.05, 0) is 40.4 Å². The zero-order valence-corrected chi connectivity index (χ0v) is 14.2. The first kappa shape index (κ1) is 16.1. The fraction of sp³-hybridized carbons (Fsp3) is 0.600. The number of carbonyl (C=O) groups is 1. The molecule has 0 radical (unpaired) electrons. The Labute approximate surface area is 134 Å². The third-order valence-electron chi connectivity index (χ3n) is 3.33. The normalized spacial score (nSPS) is 16.0. The van der Waals surface area contributed by atoms with Crippen LogP contribution in [0.4, 0.5) is 10.6 Å². The molecule has 2 rings (SSSR count). The Morgan fingerprint density at radius 1 is 1.33 bits per heavy atom. The van der Waals surface area contributed by atoms with Gasteiger partial charge in [-0.15, -0.1) is 0 Å². The molecule has 2 heterocycles. The Bertz CT molecular complexity index is 464. The van der Waals surface area contributed by atoms with Crippen LogP contribution in [0.25, 0.3) is 0 Å². The second kappa shape index (κ2) is 7.64. The summed E-state index contributed by atoms with van der Waals surface area (Å²) in [7, 11) is 0. The summed E-state index contributed by atoms with van der Waals surface area (Å²) in [5, 5.41) is 0. The molecule has 6 heteroatoms. The van der Waals surface area contributed by atoms with Crippen molar-refractivity contribution in [2.24, 2.45) is 5.92 Å². The second-order valence-corrected chi connectivity index (χ2v) is 6.55. The van der Waals surface area contributed by atoms with Gasteiger partial charge in [-0.3, -0.25) is 0 Å². The number of carbonyl (C=O) groups excluding carboxylic acids is 1. The highest BCUT2D eigenvalue weighted by molar-refractivity contribution is 9.10. The fourth-order valence-electron chi connectivity index (χ4n) is 2.21. The van der Waals surface area contributed by atoms with Crippen LogP contribution in [0.1, 0.15) is 20.3 Å². The Morgan fingerprint density at radius 3 is 2.81 bits per heavy atom. The summed E-state index contributed by atoms with van der Waals surface area (Å²) < 4.78 is 6.27. The number of rotatable bonds is 3. The lowest BCUT2D eigenvalue weighted by Gasteiger charge is -2.22. The molecule has 0 aliphatic carbocycles. The summed E-state index contributed by atoms with van der Waals surface area (Å²) in [4.78, 5) is 20.4. The molecule has 21 heavy (non-hydrogen) atoms. The molecule has 1 aliphatic rings. The van der Waals surface area contributed by atoms with Crippen LogP contribution in [0.2, 0.25) is 0 Å². The van der Waals surface area contributed by atoms with Crippen molar-refractivity contribution in [1.82, 2.24) is 9.88 Å². The first-order chi connectivity index (χ1) is 10.1. The summed E-state index contributed by atoms with van der Waals surface area (Å²) in [6, 6.07) is 3.98. The third kappa shape index (κ3) is 4.88. The summed E-state index contributed by atoms with van der Waals surface area (Å²) >= 11 is 3.39. The molecular weight excluding hydrogens is 334 g/mol. The predicted octanol–water partition coefficient (Wildman–Crippen LogP) is 3.15. The van der Waals surface area contributed by atoms with Gasteiger partial charge in [-0.2, -0.15) is 0 Å². The van der Waals surface area contributed by atoms with E-state index < -0.39 is 0 Å². The minimum absolute atomic E-state index is 0.200. The number of anilines is 1. The number of hydrogen-bond donors (Lipinski definition) is 0. The lowest BCUT2D eigenvalue weighted by molar-refractivity contribution is 0.0943. The standard InChI is InChI=1S/C15H22BrN3O2/c1-12(2)11-21-15(20)19-7-3-6-18(8-9-19)14-5-4-13(16)10-17-14/h4-5,10,12H,3,6-9,11H2,1-2H3. The van der Waals surface area contributed by atoms with Crippen molar-refractivity contribution in [2.45, 2.75) is 20.3 Å². The number of hydrogen-bond acceptors (Lipinski definition) is 4. The molecule has 1 amide bonds. The van der Waals surface area contributed by atoms with E-state index in [1.165, 1.54) is 0 Å². The van der Waals surface area contributed by atoms with E-state index in [2.05, 4.69) is 25.8 Å². The van der Waals surface area contributed by atoms with Crippen molar-refractivity contribution in [2.75, 3.05) is 37.7 Å². The molecule has 1 aromatic heterocycles. The van der Waals surface area contributed by atoms with Crippen molar-refractivity contribution in [3.63, 3.8) is 0 Å². The molecule has 116 valence electrons. The molecule has 1 saturated heterocycles. The highest BCUT2D eigenvalue weighted by Gasteiger charge is 2.21. The van der Waals surface area contributed by atoms with Gasteiger partial charge in [0.15, 0.2) is 0 Å². The number of ether oxygens (including phenoxy) is 1. The number of nitrogens with zero attached hydrogens (tertiary/aromatic N) is 3. The molecule has 0 N–H and O–H groups in total. The second-order valence-electron chi connectivity index (χ2n) is 5.63. The summed E-state index contributed by atoms with van der Waals surface area (Å²) in [6.45, 7) is 7.66. The van der Waals surface area contributed by atoms with Gasteiger partial charge in [-0.1, -0.05) is 13.8 Å². The van der Waals surface area contributed by atoms with Crippen LogP contribution >= 0.6 is 15.9 Å². The molecule has 0 aromatic carbocycles. The zero-order chi connectivity index (χ0) is 15.2. The van der Waals surface area contributed by atoms with Gasteiger partial charge in [0, 0.05) is 36.8 Å². The Balaban J connectivity index is 1.89. The Hall–Kier alpha value is -1.30. The topological polar surface area (TPSA) is 45.7 Å². The van der Waals surface area contributed by atoms with Gasteiger partial charge < -0.3 is 14.5 Å². The number of pyridine rings is 1. The van der Waals surface area contributed by atoms with Gasteiger partial charge in [0.1, 0.15) is 5.82 Å². The molecule has 5 nitrogen and oxygen atoms in total. The smallest absolute Gasteiger partial charge is 0.409 e. The molecular formula is C15H22BrN3O2. The molecule has 0 saturated carbocycles. The molecule has 0 atom stereocenters. The maximum absolute atomic E-state index is 12.0. The van der Waals surface area contributed by atoms with Crippen LogP contribution < -0.4 is 4.90 Å². The Kier molecular flexibility index (Phi) is 5.85. The van der Waals surface area contributed by atoms with Crippen LogP contribution in [0.5, 0.6) is 0 Å². The van der Waals surface area contributed by atoms with Gasteiger partial charge in [0.2, 0.25) is 0 Å². The molecule has 0 bridgehead atoms. The largest absolute Gasteiger partial charge is 0.449 e. The van der Waals surface area contributed by atoms with E-state index in [0.29, 0.717) is 19.1 Å². The van der Waals surface area contributed by atoms with Gasteiger partial charge in [-0.25, -0.2) is 9.78 Å². The van der Waals surface area contributed by atoms with Crippen molar-refractivity contribution in [1.29, 1.82) is 0 Å². The number of halogens is 1. The van der Waals surface area contributed by atoms with E-state index in [-0.39, 0.29) is 6.09 Å². The van der Waals surface area contributed by atoms with Crippen LogP contribution in [0, 0.1) is 5.92 Å². The molecule has 1 aliphatic heterocycles. The zero-order valence-electron chi connectivity index (χ0n) is 12.6. The van der Waals surface area contributed by atoms with E-state index in [1.54, 1.807) is 11.1 Å². The highest BCUT2D eigenvalue weighted by Crippen LogP contribution is 2.17. The third-order valence-corrected chi connectivity index (χ3v) is 3.80. The Morgan fingerprint density at radius 2 is 2.14 bits per heavy atom. The van der Waals surface area contributed by atoms with Crippen LogP contribution in [-0.4, -0.2) is 48.8 Å². The maximum atomic E-state index is 12.0. The van der Waals surface area contributed by atoms with Crippen LogP contribution in [-0.2, 0) is 4.74 Å². The van der Waals surface area contributed by atoms with Crippen molar-refractivity contribution in [3.05, 3.63) is 22.8 Å². The van der Waals surface area contributed by atoms with Gasteiger partial charge in [0.25, 0.3) is 0 Å². The first-order valence-electron chi connectivity index (χ1n) is 7.34. The van der Waals surface area contributed by atoms with E-state index in [0.717, 1.165) is 36.3 Å². The quantitative estimate of drug-likeness (QED) is 0.835. The fourth-order valence-corrected chi connectivity index (χ4v) is 2.45.